The largest absolute Gasteiger partial charge is 0.419 e. The lowest BCUT2D eigenvalue weighted by Gasteiger charge is -2.32. The SMILES string of the molecule is C=CCNC1C(=O)C=C2NC(=O)/C(C)=C/C=C\C(C=O)C(OC#N)/C(C)=C/C(C)C(O)C(C=O)CC(C)CC1C2=O.O. The average Bonchev–Trinajstić information content (AvgIpc) is 2.94. The van der Waals surface area contributed by atoms with Crippen LogP contribution in [0.25, 0.3) is 0 Å². The number of hydrogen-bond acceptors (Lipinski definition) is 9. The van der Waals surface area contributed by atoms with Gasteiger partial charge in [0, 0.05) is 35.9 Å². The van der Waals surface area contributed by atoms with E-state index < -0.39 is 53.6 Å². The predicted molar refractivity (Wildman–Crippen MR) is 155 cm³/mol. The second-order valence-corrected chi connectivity index (χ2v) is 10.8. The van der Waals surface area contributed by atoms with E-state index in [-0.39, 0.29) is 47.8 Å². The van der Waals surface area contributed by atoms with Gasteiger partial charge >= 0.3 is 0 Å². The Kier molecular flexibility index (Phi) is 14.7. The Labute approximate surface area is 246 Å². The molecule has 11 heteroatoms. The van der Waals surface area contributed by atoms with Gasteiger partial charge in [-0.25, -0.2) is 0 Å². The van der Waals surface area contributed by atoms with E-state index in [2.05, 4.69) is 17.2 Å². The number of fused-ring (bicyclic) bond motifs is 2. The zero-order valence-corrected chi connectivity index (χ0v) is 24.4. The van der Waals surface area contributed by atoms with Crippen LogP contribution in [-0.2, 0) is 28.7 Å². The maximum absolute atomic E-state index is 13.5. The van der Waals surface area contributed by atoms with E-state index in [0.717, 1.165) is 6.08 Å². The van der Waals surface area contributed by atoms with Crippen molar-refractivity contribution in [2.75, 3.05) is 6.54 Å². The summed E-state index contributed by atoms with van der Waals surface area (Å²) in [5, 5.41) is 25.8. The second kappa shape index (κ2) is 17.1. The van der Waals surface area contributed by atoms with E-state index >= 15 is 0 Å². The number of carbonyl (C=O) groups is 5. The number of amides is 1. The summed E-state index contributed by atoms with van der Waals surface area (Å²) in [7, 11) is 0. The number of nitrogens with one attached hydrogen (secondary N) is 2. The van der Waals surface area contributed by atoms with Gasteiger partial charge in [-0.2, -0.15) is 5.26 Å². The topological polar surface area (TPSA) is 194 Å². The van der Waals surface area contributed by atoms with Crippen LogP contribution < -0.4 is 10.6 Å². The van der Waals surface area contributed by atoms with Crippen molar-refractivity contribution in [3.05, 3.63) is 59.9 Å². The summed E-state index contributed by atoms with van der Waals surface area (Å²) in [4.78, 5) is 63.4. The molecule has 228 valence electrons. The van der Waals surface area contributed by atoms with Gasteiger partial charge in [-0.15, -0.1) is 6.58 Å². The molecular formula is C31H41N3O8. The number of aliphatic hydroxyl groups excluding tert-OH is 1. The molecule has 0 saturated carbocycles. The van der Waals surface area contributed by atoms with Crippen LogP contribution in [-0.4, -0.2) is 65.4 Å². The highest BCUT2D eigenvalue weighted by atomic mass is 16.5. The Balaban J connectivity index is 0.00000882. The first-order valence-electron chi connectivity index (χ1n) is 13.6. The van der Waals surface area contributed by atoms with Crippen LogP contribution in [0.3, 0.4) is 0 Å². The van der Waals surface area contributed by atoms with Crippen LogP contribution in [0, 0.1) is 41.1 Å². The monoisotopic (exact) mass is 583 g/mol. The molecule has 0 saturated heterocycles. The van der Waals surface area contributed by atoms with Crippen molar-refractivity contribution in [2.24, 2.45) is 29.6 Å². The summed E-state index contributed by atoms with van der Waals surface area (Å²) < 4.78 is 5.18. The van der Waals surface area contributed by atoms with Crippen molar-refractivity contribution in [1.29, 1.82) is 5.26 Å². The second-order valence-electron chi connectivity index (χ2n) is 10.8. The van der Waals surface area contributed by atoms with Crippen molar-refractivity contribution in [3.8, 4) is 6.26 Å². The van der Waals surface area contributed by atoms with Crippen LogP contribution in [0.1, 0.15) is 40.5 Å². The summed E-state index contributed by atoms with van der Waals surface area (Å²) in [6.07, 6.45) is 10.0. The van der Waals surface area contributed by atoms with Crippen LogP contribution in [0.4, 0.5) is 0 Å². The Morgan fingerprint density at radius 2 is 1.88 bits per heavy atom. The van der Waals surface area contributed by atoms with Gasteiger partial charge in [0.15, 0.2) is 11.6 Å². The van der Waals surface area contributed by atoms with Crippen molar-refractivity contribution < 1.29 is 39.3 Å². The highest BCUT2D eigenvalue weighted by Gasteiger charge is 2.40. The average molecular weight is 584 g/mol. The quantitative estimate of drug-likeness (QED) is 0.236. The summed E-state index contributed by atoms with van der Waals surface area (Å²) in [5.41, 5.74) is 0.587. The van der Waals surface area contributed by atoms with E-state index in [0.29, 0.717) is 18.1 Å². The molecule has 0 aromatic carbocycles. The van der Waals surface area contributed by atoms with E-state index in [1.807, 2.05) is 6.92 Å². The first-order chi connectivity index (χ1) is 19.5. The van der Waals surface area contributed by atoms with E-state index in [9.17, 15) is 34.3 Å². The maximum Gasteiger partial charge on any atom is 0.286 e. The molecule has 2 rings (SSSR count). The zero-order chi connectivity index (χ0) is 30.7. The number of ketones is 2. The van der Waals surface area contributed by atoms with Crippen LogP contribution >= 0.6 is 0 Å². The molecule has 8 unspecified atom stereocenters. The molecule has 8 atom stereocenters. The Hall–Kier alpha value is -3.98. The summed E-state index contributed by atoms with van der Waals surface area (Å²) in [6, 6.07) is -0.835. The third-order valence-electron chi connectivity index (χ3n) is 7.51. The van der Waals surface area contributed by atoms with E-state index in [4.69, 9.17) is 4.74 Å². The third-order valence-corrected chi connectivity index (χ3v) is 7.51. The first-order valence-corrected chi connectivity index (χ1v) is 13.6. The first kappa shape index (κ1) is 36.0. The molecule has 0 aromatic heterocycles. The van der Waals surface area contributed by atoms with Gasteiger partial charge in [-0.3, -0.25) is 14.4 Å². The summed E-state index contributed by atoms with van der Waals surface area (Å²) in [6.45, 7) is 10.7. The van der Waals surface area contributed by atoms with Gasteiger partial charge in [0.05, 0.1) is 23.8 Å². The lowest BCUT2D eigenvalue weighted by atomic mass is 9.76. The van der Waals surface area contributed by atoms with E-state index in [1.54, 1.807) is 32.3 Å². The fourth-order valence-corrected chi connectivity index (χ4v) is 5.29. The van der Waals surface area contributed by atoms with Gasteiger partial charge in [0.25, 0.3) is 12.2 Å². The standard InChI is InChI=1S/C31H39N3O7.H2O/c1-6-10-33-27-24-12-18(2)11-23(16-36)28(38)20(4)13-21(5)30(41-17-32)22(15-35)9-7-8-19(3)31(40)34-25(29(24)39)14-26(27)37;/h6-9,13-16,18,20,22-24,27-28,30,33,38H,1,10-12H2,2-5H3,(H,34,40);1H2/b9-7-,19-8+,21-13+;. The Morgan fingerprint density at radius 3 is 2.48 bits per heavy atom. The van der Waals surface area contributed by atoms with Gasteiger partial charge in [0.2, 0.25) is 0 Å². The summed E-state index contributed by atoms with van der Waals surface area (Å²) in [5.74, 6) is -4.70. The minimum atomic E-state index is -1.10. The number of nitriles is 1. The number of aldehydes is 2. The van der Waals surface area contributed by atoms with Gasteiger partial charge in [-0.1, -0.05) is 44.2 Å². The fraction of sp³-hybridized carbons (Fsp3) is 0.484. The number of rotatable bonds is 6. The Bertz CT molecular complexity index is 1190. The highest BCUT2D eigenvalue weighted by molar-refractivity contribution is 6.14. The van der Waals surface area contributed by atoms with Crippen molar-refractivity contribution in [2.45, 2.75) is 58.8 Å². The molecule has 5 N–H and O–H groups in total. The minimum Gasteiger partial charge on any atom is -0.419 e. The van der Waals surface area contributed by atoms with Crippen LogP contribution in [0.5, 0.6) is 0 Å². The highest BCUT2D eigenvalue weighted by Crippen LogP contribution is 2.30. The molecule has 2 bridgehead atoms. The predicted octanol–water partition coefficient (Wildman–Crippen LogP) is 1.45. The van der Waals surface area contributed by atoms with Gasteiger partial charge in [0.1, 0.15) is 18.7 Å². The number of nitrogens with zero attached hydrogens (tertiary/aromatic N) is 1. The molecule has 1 aliphatic heterocycles. The lowest BCUT2D eigenvalue weighted by Crippen LogP contribution is -2.51. The van der Waals surface area contributed by atoms with Crippen molar-refractivity contribution in [1.82, 2.24) is 10.6 Å². The molecule has 2 aliphatic rings. The van der Waals surface area contributed by atoms with Crippen molar-refractivity contribution >= 4 is 30.0 Å². The fourth-order valence-electron chi connectivity index (χ4n) is 5.29. The minimum absolute atomic E-state index is 0. The number of carbonyl (C=O) groups excluding carboxylic acids is 5. The van der Waals surface area contributed by atoms with Crippen molar-refractivity contribution in [3.63, 3.8) is 0 Å². The number of ether oxygens (including phenoxy) is 1. The number of allylic oxidation sites excluding steroid dienone is 3. The molecule has 0 spiro atoms. The third kappa shape index (κ3) is 9.27. The molecule has 1 amide bonds. The molecule has 1 aliphatic carbocycles. The molecule has 11 nitrogen and oxygen atoms in total. The summed E-state index contributed by atoms with van der Waals surface area (Å²) >= 11 is 0. The molecular weight excluding hydrogens is 542 g/mol. The molecule has 0 fully saturated rings. The zero-order valence-electron chi connectivity index (χ0n) is 24.4. The molecule has 1 heterocycles. The number of hydrogen-bond donors (Lipinski definition) is 3. The lowest BCUT2D eigenvalue weighted by molar-refractivity contribution is -0.129. The molecule has 42 heavy (non-hydrogen) atoms. The smallest absolute Gasteiger partial charge is 0.286 e. The number of aliphatic hydroxyl groups is 1. The normalized spacial score (nSPS) is 34.5. The van der Waals surface area contributed by atoms with Gasteiger partial charge < -0.3 is 35.5 Å². The molecule has 0 radical (unpaired) electrons. The van der Waals surface area contributed by atoms with Gasteiger partial charge in [-0.05, 0) is 38.2 Å². The van der Waals surface area contributed by atoms with E-state index in [1.165, 1.54) is 25.2 Å². The molecule has 0 aromatic rings. The van der Waals surface area contributed by atoms with Crippen LogP contribution in [0.15, 0.2) is 59.9 Å². The number of Topliss-reactive ketones (excluding diaryl/α,β-unsaturated/α-hetero) is 1. The maximum atomic E-state index is 13.5. The Morgan fingerprint density at radius 1 is 1.19 bits per heavy atom. The van der Waals surface area contributed by atoms with Crippen LogP contribution in [0.2, 0.25) is 0 Å².